The molecule has 2 fully saturated rings. The topological polar surface area (TPSA) is 107 Å². The van der Waals surface area contributed by atoms with Crippen LogP contribution in [0.25, 0.3) is 0 Å². The first kappa shape index (κ1) is 22.1. The van der Waals surface area contributed by atoms with Crippen molar-refractivity contribution in [3.05, 3.63) is 64.7 Å². The molecule has 6 heteroatoms. The average Bonchev–Trinajstić information content (AvgIpc) is 3.03. The summed E-state index contributed by atoms with van der Waals surface area (Å²) >= 11 is 0. The first-order valence-electron chi connectivity index (χ1n) is 12.0. The number of fused-ring (bicyclic) bond motifs is 5. The molecule has 1 unspecified atom stereocenters. The molecule has 5 nitrogen and oxygen atoms in total. The molecule has 0 aliphatic heterocycles. The van der Waals surface area contributed by atoms with Gasteiger partial charge in [-0.2, -0.15) is 0 Å². The summed E-state index contributed by atoms with van der Waals surface area (Å²) in [6.45, 7) is 2.29. The average molecular weight is 435 g/mol. The summed E-state index contributed by atoms with van der Waals surface area (Å²) in [4.78, 5) is 0. The summed E-state index contributed by atoms with van der Waals surface area (Å²) in [5, 5.41) is 40.3. The van der Waals surface area contributed by atoms with Crippen LogP contribution < -0.4 is 11.2 Å². The van der Waals surface area contributed by atoms with Crippen molar-refractivity contribution >= 4 is 12.6 Å². The predicted molar refractivity (Wildman–Crippen MR) is 125 cm³/mol. The van der Waals surface area contributed by atoms with E-state index >= 15 is 0 Å². The minimum absolute atomic E-state index is 0.0600. The molecule has 2 saturated carbocycles. The number of hydrogen-bond donors (Lipinski definition) is 5. The third kappa shape index (κ3) is 3.62. The summed E-state index contributed by atoms with van der Waals surface area (Å²) in [5.74, 6) is 1.74. The minimum Gasteiger partial charge on any atom is -0.423 e. The molecule has 3 aliphatic rings. The summed E-state index contributed by atoms with van der Waals surface area (Å²) in [7, 11) is -1.42. The fourth-order valence-corrected chi connectivity index (χ4v) is 7.32. The first-order chi connectivity index (χ1) is 15.3. The van der Waals surface area contributed by atoms with Gasteiger partial charge in [0.2, 0.25) is 0 Å². The van der Waals surface area contributed by atoms with Gasteiger partial charge in [-0.3, -0.25) is 0 Å². The van der Waals surface area contributed by atoms with Gasteiger partial charge in [-0.1, -0.05) is 49.4 Å². The molecule has 0 spiro atoms. The van der Waals surface area contributed by atoms with Gasteiger partial charge >= 0.3 is 7.12 Å². The second kappa shape index (κ2) is 8.26. The third-order valence-corrected chi connectivity index (χ3v) is 8.96. The lowest BCUT2D eigenvalue weighted by atomic mass is 9.55. The highest BCUT2D eigenvalue weighted by atomic mass is 16.4. The number of aliphatic hydroxyl groups is 2. The molecular weight excluding hydrogens is 401 g/mol. The van der Waals surface area contributed by atoms with Crippen molar-refractivity contribution < 1.29 is 20.3 Å². The molecule has 32 heavy (non-hydrogen) atoms. The van der Waals surface area contributed by atoms with Gasteiger partial charge in [0.25, 0.3) is 0 Å². The Morgan fingerprint density at radius 3 is 2.72 bits per heavy atom. The van der Waals surface area contributed by atoms with Gasteiger partial charge in [-0.15, -0.1) is 0 Å². The zero-order valence-corrected chi connectivity index (χ0v) is 18.7. The van der Waals surface area contributed by atoms with Gasteiger partial charge in [0.1, 0.15) is 6.23 Å². The Bertz CT molecular complexity index is 996. The van der Waals surface area contributed by atoms with Crippen LogP contribution in [-0.4, -0.2) is 33.5 Å². The van der Waals surface area contributed by atoms with E-state index in [9.17, 15) is 20.3 Å². The molecular formula is C26H34BNO4. The highest BCUT2D eigenvalue weighted by molar-refractivity contribution is 6.58. The van der Waals surface area contributed by atoms with E-state index in [-0.39, 0.29) is 17.4 Å². The van der Waals surface area contributed by atoms with E-state index in [0.717, 1.165) is 49.7 Å². The van der Waals surface area contributed by atoms with Crippen molar-refractivity contribution in [2.24, 2.45) is 28.9 Å². The second-order valence-electron chi connectivity index (χ2n) is 10.6. The van der Waals surface area contributed by atoms with E-state index in [2.05, 4.69) is 19.1 Å². The fourth-order valence-electron chi connectivity index (χ4n) is 7.32. The van der Waals surface area contributed by atoms with Crippen molar-refractivity contribution in [3.8, 4) is 0 Å². The van der Waals surface area contributed by atoms with Gasteiger partial charge in [0, 0.05) is 0 Å². The molecule has 3 aliphatic carbocycles. The van der Waals surface area contributed by atoms with Gasteiger partial charge in [-0.05, 0) is 95.3 Å². The lowest BCUT2D eigenvalue weighted by Gasteiger charge is -2.50. The van der Waals surface area contributed by atoms with Crippen LogP contribution >= 0.6 is 0 Å². The van der Waals surface area contributed by atoms with Crippen LogP contribution in [0, 0.1) is 23.2 Å². The van der Waals surface area contributed by atoms with E-state index < -0.39 is 13.3 Å². The second-order valence-corrected chi connectivity index (χ2v) is 10.6. The Hall–Kier alpha value is -1.70. The molecule has 0 amide bonds. The number of aliphatic hydroxyl groups excluding tert-OH is 2. The van der Waals surface area contributed by atoms with Crippen molar-refractivity contribution in [1.82, 2.24) is 0 Å². The quantitative estimate of drug-likeness (QED) is 0.373. The molecule has 0 bridgehead atoms. The third-order valence-electron chi connectivity index (χ3n) is 8.96. The molecule has 0 aromatic heterocycles. The Morgan fingerprint density at radius 2 is 1.97 bits per heavy atom. The number of hydrogen-bond acceptors (Lipinski definition) is 5. The maximum absolute atomic E-state index is 11.4. The smallest absolute Gasteiger partial charge is 0.423 e. The highest BCUT2D eigenvalue weighted by Gasteiger charge is 2.57. The normalized spacial score (nSPS) is 34.4. The lowest BCUT2D eigenvalue weighted by Crippen LogP contribution is -2.44. The van der Waals surface area contributed by atoms with Crippen LogP contribution in [0.4, 0.5) is 0 Å². The molecule has 0 heterocycles. The van der Waals surface area contributed by atoms with Crippen molar-refractivity contribution in [2.75, 3.05) is 0 Å². The highest BCUT2D eigenvalue weighted by Crippen LogP contribution is 2.62. The molecule has 5 rings (SSSR count). The molecule has 2 aromatic carbocycles. The zero-order valence-electron chi connectivity index (χ0n) is 18.7. The summed E-state index contributed by atoms with van der Waals surface area (Å²) in [5.41, 5.74) is 10.6. The van der Waals surface area contributed by atoms with E-state index in [0.29, 0.717) is 23.2 Å². The van der Waals surface area contributed by atoms with Gasteiger partial charge in [-0.25, -0.2) is 0 Å². The van der Waals surface area contributed by atoms with E-state index in [1.165, 1.54) is 11.1 Å². The van der Waals surface area contributed by atoms with Crippen LogP contribution in [0.2, 0.25) is 0 Å². The summed E-state index contributed by atoms with van der Waals surface area (Å²) in [6, 6.07) is 13.7. The Labute approximate surface area is 190 Å². The fraction of sp³-hybridized carbons (Fsp3) is 0.538. The molecule has 6 N–H and O–H groups in total. The molecule has 2 aromatic rings. The molecule has 7 atom stereocenters. The predicted octanol–water partition coefficient (Wildman–Crippen LogP) is 2.00. The number of rotatable bonds is 4. The Morgan fingerprint density at radius 1 is 1.16 bits per heavy atom. The lowest BCUT2D eigenvalue weighted by molar-refractivity contribution is -0.0325. The van der Waals surface area contributed by atoms with Crippen LogP contribution in [0.5, 0.6) is 0 Å². The maximum atomic E-state index is 11.4. The minimum atomic E-state index is -1.42. The molecule has 0 radical (unpaired) electrons. The standard InChI is InChI=1S/C26H34BNO4/c1-26-10-9-21-20-8-6-19(27(31)32)13-16(20)5-7-22(21)23(26)14-18(24(26)29)12-15-3-2-4-17(11-15)25(28)30/h2-4,6,8,11,13,18,21-25,29-32H,5,7,9-10,12,14,28H2,1H3/t18-,21+,22+,23-,24-,25?,26-/m0/s1. The molecule has 170 valence electrons. The van der Waals surface area contributed by atoms with Crippen molar-refractivity contribution in [3.63, 3.8) is 0 Å². The van der Waals surface area contributed by atoms with Gasteiger partial charge in [0.05, 0.1) is 6.10 Å². The van der Waals surface area contributed by atoms with Gasteiger partial charge in [0.15, 0.2) is 0 Å². The number of benzene rings is 2. The Balaban J connectivity index is 1.38. The number of nitrogens with two attached hydrogens (primary N) is 1. The largest absolute Gasteiger partial charge is 0.488 e. The van der Waals surface area contributed by atoms with E-state index in [1.807, 2.05) is 30.3 Å². The van der Waals surface area contributed by atoms with Crippen LogP contribution in [0.1, 0.15) is 67.0 Å². The van der Waals surface area contributed by atoms with Crippen LogP contribution in [0.3, 0.4) is 0 Å². The summed E-state index contributed by atoms with van der Waals surface area (Å²) < 4.78 is 0. The van der Waals surface area contributed by atoms with Crippen molar-refractivity contribution in [2.45, 2.75) is 63.7 Å². The van der Waals surface area contributed by atoms with E-state index in [4.69, 9.17) is 5.73 Å². The monoisotopic (exact) mass is 435 g/mol. The zero-order chi connectivity index (χ0) is 22.6. The molecule has 0 saturated heterocycles. The summed E-state index contributed by atoms with van der Waals surface area (Å²) in [6.07, 6.45) is 4.67. The van der Waals surface area contributed by atoms with Crippen LogP contribution in [-0.2, 0) is 12.8 Å². The SMILES string of the molecule is C[C@]12CC[C@@H]3c4ccc(B(O)O)cc4CC[C@H]3[C@@H]1C[C@H](Cc1cccc(C(N)O)c1)[C@@H]2O. The van der Waals surface area contributed by atoms with Crippen LogP contribution in [0.15, 0.2) is 42.5 Å². The van der Waals surface area contributed by atoms with Crippen molar-refractivity contribution in [1.29, 1.82) is 0 Å². The maximum Gasteiger partial charge on any atom is 0.488 e. The number of aryl methyl sites for hydroxylation is 1. The first-order valence-corrected chi connectivity index (χ1v) is 12.0. The Kier molecular flexibility index (Phi) is 5.71. The van der Waals surface area contributed by atoms with E-state index in [1.54, 1.807) is 0 Å². The van der Waals surface area contributed by atoms with Gasteiger partial charge < -0.3 is 26.0 Å².